The van der Waals surface area contributed by atoms with Crippen LogP contribution in [0.5, 0.6) is 0 Å². The summed E-state index contributed by atoms with van der Waals surface area (Å²) in [5.74, 6) is -3.70. The Morgan fingerprint density at radius 3 is 2.38 bits per heavy atom. The maximum absolute atomic E-state index is 16.1. The van der Waals surface area contributed by atoms with Crippen LogP contribution in [-0.4, -0.2) is 92.4 Å². The zero-order chi connectivity index (χ0) is 34.5. The van der Waals surface area contributed by atoms with Crippen LogP contribution in [0.1, 0.15) is 63.5 Å². The van der Waals surface area contributed by atoms with Gasteiger partial charge in [-0.3, -0.25) is 29.1 Å². The molecule has 4 amide bonds. The van der Waals surface area contributed by atoms with E-state index in [1.807, 2.05) is 32.6 Å². The van der Waals surface area contributed by atoms with Crippen molar-refractivity contribution in [2.75, 3.05) is 29.9 Å². The van der Waals surface area contributed by atoms with Crippen LogP contribution in [0.25, 0.3) is 16.7 Å². The van der Waals surface area contributed by atoms with Crippen molar-refractivity contribution >= 4 is 46.3 Å². The lowest BCUT2D eigenvalue weighted by Gasteiger charge is -2.44. The number of hydrogen-bond donors (Lipinski definition) is 2. The second-order valence-electron chi connectivity index (χ2n) is 12.3. The second-order valence-corrected chi connectivity index (χ2v) is 12.3. The van der Waals surface area contributed by atoms with E-state index in [2.05, 4.69) is 32.2 Å². The Balaban J connectivity index is 1.87. The molecule has 0 saturated carbocycles. The lowest BCUT2D eigenvalue weighted by molar-refractivity contribution is -0.128. The van der Waals surface area contributed by atoms with Gasteiger partial charge in [-0.15, -0.1) is 0 Å². The molecule has 5 heterocycles. The normalized spacial score (nSPS) is 22.2. The molecule has 2 unspecified atom stereocenters. The van der Waals surface area contributed by atoms with E-state index >= 15 is 4.39 Å². The molecule has 1 saturated heterocycles. The number of fused-ring (bicyclic) bond motifs is 3. The van der Waals surface area contributed by atoms with Crippen LogP contribution >= 0.6 is 0 Å². The molecule has 2 aliphatic rings. The Hall–Kier alpha value is -5.21. The Morgan fingerprint density at radius 1 is 1.02 bits per heavy atom. The summed E-state index contributed by atoms with van der Waals surface area (Å²) in [5, 5.41) is 5.34. The van der Waals surface area contributed by atoms with Crippen molar-refractivity contribution in [3.8, 4) is 5.69 Å². The van der Waals surface area contributed by atoms with Crippen LogP contribution in [0.15, 0.2) is 35.8 Å². The van der Waals surface area contributed by atoms with Crippen molar-refractivity contribution in [2.45, 2.75) is 71.6 Å². The molecule has 5 rings (SSSR count). The zero-order valence-corrected chi connectivity index (χ0v) is 27.4. The van der Waals surface area contributed by atoms with E-state index in [1.54, 1.807) is 4.90 Å². The summed E-state index contributed by atoms with van der Waals surface area (Å²) in [7, 11) is 1.32. The van der Waals surface area contributed by atoms with Crippen molar-refractivity contribution in [2.24, 2.45) is 0 Å². The number of aromatic nitrogens is 4. The molecule has 47 heavy (non-hydrogen) atoms. The molecule has 15 heteroatoms. The third-order valence-electron chi connectivity index (χ3n) is 8.58. The standard InChI is InChI=1S/C32H38FN9O5/c1-9-23(43)40-13-17(5)41(14-16(40)4)26-21-12-22(33)28-37-27(21)42(32(47)38-26)25-20(10-11-34-24(25)15(2)3)30(45)35-18(6)29(44)36-19(7)31(46)39(28)8/h9-12,15-19H,1,13-14H2,2-8H3,(H,35,45)(H,36,44)/t16-,17+,18?,19?/m1/s1. The molecule has 0 radical (unpaired) electrons. The van der Waals surface area contributed by atoms with Gasteiger partial charge >= 0.3 is 5.69 Å². The minimum Gasteiger partial charge on any atom is -0.349 e. The number of rotatable bonds is 3. The van der Waals surface area contributed by atoms with Crippen LogP contribution in [-0.2, 0) is 14.4 Å². The first kappa shape index (κ1) is 33.2. The monoisotopic (exact) mass is 647 g/mol. The predicted octanol–water partition coefficient (Wildman–Crippen LogP) is 1.65. The number of halogens is 1. The van der Waals surface area contributed by atoms with E-state index in [0.717, 1.165) is 15.5 Å². The maximum Gasteiger partial charge on any atom is 0.355 e. The number of piperazine rings is 1. The third kappa shape index (κ3) is 5.81. The largest absolute Gasteiger partial charge is 0.355 e. The van der Waals surface area contributed by atoms with E-state index in [1.165, 1.54) is 39.2 Å². The lowest BCUT2D eigenvalue weighted by Crippen LogP contribution is -2.58. The van der Waals surface area contributed by atoms with E-state index in [9.17, 15) is 24.0 Å². The highest BCUT2D eigenvalue weighted by atomic mass is 19.1. The third-order valence-corrected chi connectivity index (χ3v) is 8.58. The topological polar surface area (TPSA) is 163 Å². The lowest BCUT2D eigenvalue weighted by atomic mass is 10.0. The fraction of sp³-hybridized carbons (Fsp3) is 0.438. The number of anilines is 2. The minimum absolute atomic E-state index is 0.0158. The summed E-state index contributed by atoms with van der Waals surface area (Å²) in [4.78, 5) is 84.8. The predicted molar refractivity (Wildman–Crippen MR) is 173 cm³/mol. The number of amides is 4. The van der Waals surface area contributed by atoms with Crippen molar-refractivity contribution in [3.63, 3.8) is 0 Å². The Kier molecular flexibility index (Phi) is 8.84. The highest BCUT2D eigenvalue weighted by Crippen LogP contribution is 2.34. The molecule has 2 aliphatic heterocycles. The minimum atomic E-state index is -1.11. The SMILES string of the molecule is C=CC(=O)N1C[C@H](C)N(c2nc(=O)n3c4nc(c(F)cc24)N(C)C(=O)C(C)NC(=O)C(C)NC(=O)c2ccnc(C(C)C)c2-3)C[C@H]1C. The first-order chi connectivity index (χ1) is 22.2. The summed E-state index contributed by atoms with van der Waals surface area (Å²) in [6.07, 6.45) is 2.67. The van der Waals surface area contributed by atoms with Crippen LogP contribution in [0.4, 0.5) is 16.0 Å². The van der Waals surface area contributed by atoms with Crippen molar-refractivity contribution in [1.29, 1.82) is 0 Å². The van der Waals surface area contributed by atoms with Crippen molar-refractivity contribution < 1.29 is 23.6 Å². The summed E-state index contributed by atoms with van der Waals surface area (Å²) in [6.45, 7) is 14.4. The van der Waals surface area contributed by atoms with Crippen molar-refractivity contribution in [3.05, 3.63) is 58.5 Å². The summed E-state index contributed by atoms with van der Waals surface area (Å²) in [6, 6.07) is -0.259. The van der Waals surface area contributed by atoms with Gasteiger partial charge < -0.3 is 20.4 Å². The smallest absolute Gasteiger partial charge is 0.349 e. The molecule has 1 fully saturated rings. The maximum atomic E-state index is 16.1. The Bertz CT molecular complexity index is 1880. The van der Waals surface area contributed by atoms with Gasteiger partial charge in [-0.25, -0.2) is 18.7 Å². The number of likely N-dealkylation sites (N-methyl/N-ethyl adjacent to an activating group) is 1. The molecule has 2 bridgehead atoms. The van der Waals surface area contributed by atoms with Crippen molar-refractivity contribution in [1.82, 2.24) is 35.1 Å². The highest BCUT2D eigenvalue weighted by Gasteiger charge is 2.35. The Labute approximate surface area is 270 Å². The van der Waals surface area contributed by atoms with Gasteiger partial charge in [0.1, 0.15) is 17.9 Å². The number of carbonyl (C=O) groups is 4. The quantitative estimate of drug-likeness (QED) is 0.403. The fourth-order valence-electron chi connectivity index (χ4n) is 6.04. The van der Waals surface area contributed by atoms with Gasteiger partial charge in [-0.2, -0.15) is 4.98 Å². The van der Waals surface area contributed by atoms with E-state index in [-0.39, 0.29) is 65.1 Å². The van der Waals surface area contributed by atoms with Gasteiger partial charge in [-0.05, 0) is 51.8 Å². The summed E-state index contributed by atoms with van der Waals surface area (Å²) in [5.41, 5.74) is -0.461. The average Bonchev–Trinajstić information content (AvgIpc) is 3.03. The first-order valence-electron chi connectivity index (χ1n) is 15.4. The van der Waals surface area contributed by atoms with E-state index in [4.69, 9.17) is 0 Å². The van der Waals surface area contributed by atoms with E-state index < -0.39 is 47.1 Å². The van der Waals surface area contributed by atoms with E-state index in [0.29, 0.717) is 5.69 Å². The number of nitrogens with zero attached hydrogens (tertiary/aromatic N) is 7. The molecule has 0 aliphatic carbocycles. The van der Waals surface area contributed by atoms with Crippen LogP contribution in [0.3, 0.4) is 0 Å². The molecule has 4 atom stereocenters. The van der Waals surface area contributed by atoms with Crippen LogP contribution < -0.4 is 26.1 Å². The summed E-state index contributed by atoms with van der Waals surface area (Å²) < 4.78 is 17.2. The number of pyridine rings is 2. The highest BCUT2D eigenvalue weighted by molar-refractivity contribution is 6.03. The zero-order valence-electron chi connectivity index (χ0n) is 27.4. The van der Waals surface area contributed by atoms with Gasteiger partial charge in [0, 0.05) is 38.4 Å². The van der Waals surface area contributed by atoms with Crippen LogP contribution in [0.2, 0.25) is 0 Å². The molecule has 3 aromatic heterocycles. The van der Waals surface area contributed by atoms with Crippen LogP contribution in [0, 0.1) is 5.82 Å². The van der Waals surface area contributed by atoms with Gasteiger partial charge in [-0.1, -0.05) is 20.4 Å². The molecular formula is C32H38FN9O5. The molecule has 248 valence electrons. The van der Waals surface area contributed by atoms with Gasteiger partial charge in [0.2, 0.25) is 17.7 Å². The van der Waals surface area contributed by atoms with Gasteiger partial charge in [0.15, 0.2) is 17.3 Å². The number of carbonyl (C=O) groups excluding carboxylic acids is 4. The number of nitrogens with one attached hydrogen (secondary N) is 2. The summed E-state index contributed by atoms with van der Waals surface area (Å²) >= 11 is 0. The van der Waals surface area contributed by atoms with Gasteiger partial charge in [0.25, 0.3) is 5.91 Å². The fourth-order valence-corrected chi connectivity index (χ4v) is 6.04. The molecule has 2 N–H and O–H groups in total. The molecular weight excluding hydrogens is 609 g/mol. The Morgan fingerprint density at radius 2 is 1.72 bits per heavy atom. The molecule has 14 nitrogen and oxygen atoms in total. The van der Waals surface area contributed by atoms with Gasteiger partial charge in [0.05, 0.1) is 22.3 Å². The second kappa shape index (κ2) is 12.5. The first-order valence-corrected chi connectivity index (χ1v) is 15.4. The molecule has 0 aromatic carbocycles. The molecule has 0 spiro atoms. The average molecular weight is 648 g/mol. The molecule has 3 aromatic rings. The number of hydrogen-bond acceptors (Lipinski definition) is 9.